The van der Waals surface area contributed by atoms with Gasteiger partial charge in [-0.1, -0.05) is 48.5 Å². The summed E-state index contributed by atoms with van der Waals surface area (Å²) in [5.74, 6) is 0.610. The van der Waals surface area contributed by atoms with Crippen molar-refractivity contribution in [3.05, 3.63) is 66.9 Å². The monoisotopic (exact) mass is 464 g/mol. The first-order valence-electron chi connectivity index (χ1n) is 10.5. The Labute approximate surface area is 189 Å². The summed E-state index contributed by atoms with van der Waals surface area (Å²) in [5.41, 5.74) is 1.30. The lowest BCUT2D eigenvalue weighted by Gasteiger charge is -2.18. The summed E-state index contributed by atoms with van der Waals surface area (Å²) in [6, 6.07) is 17.5. The molecule has 4 aromatic rings. The van der Waals surface area contributed by atoms with Gasteiger partial charge in [-0.3, -0.25) is 4.98 Å². The van der Waals surface area contributed by atoms with E-state index >= 15 is 0 Å². The van der Waals surface area contributed by atoms with Crippen LogP contribution >= 0.6 is 0 Å². The lowest BCUT2D eigenvalue weighted by Crippen LogP contribution is -2.44. The SMILES string of the molecule is O=S(=O)(NC1COC2C1OCC2n1nnnc1-c1ccccc1)c1cccc2cccnc12. The van der Waals surface area contributed by atoms with Crippen LogP contribution in [-0.4, -0.2) is 65.1 Å². The van der Waals surface area contributed by atoms with Gasteiger partial charge in [-0.05, 0) is 22.6 Å². The number of ether oxygens (including phenoxy) is 2. The minimum absolute atomic E-state index is 0.130. The molecule has 2 fully saturated rings. The first-order chi connectivity index (χ1) is 16.1. The number of tetrazole rings is 1. The normalized spacial score (nSPS) is 24.8. The second kappa shape index (κ2) is 7.96. The van der Waals surface area contributed by atoms with Crippen molar-refractivity contribution in [3.8, 4) is 11.4 Å². The van der Waals surface area contributed by atoms with Crippen LogP contribution in [0, 0.1) is 0 Å². The molecule has 2 aromatic carbocycles. The molecule has 1 N–H and O–H groups in total. The summed E-state index contributed by atoms with van der Waals surface area (Å²) in [5, 5.41) is 12.9. The van der Waals surface area contributed by atoms with E-state index < -0.39 is 22.2 Å². The second-order valence-electron chi connectivity index (χ2n) is 8.04. The third-order valence-electron chi connectivity index (χ3n) is 6.06. The smallest absolute Gasteiger partial charge is 0.243 e. The van der Waals surface area contributed by atoms with Crippen LogP contribution in [0.5, 0.6) is 0 Å². The zero-order chi connectivity index (χ0) is 22.4. The van der Waals surface area contributed by atoms with Crippen LogP contribution in [0.4, 0.5) is 0 Å². The highest BCUT2D eigenvalue weighted by molar-refractivity contribution is 7.89. The van der Waals surface area contributed by atoms with E-state index in [0.717, 1.165) is 10.9 Å². The molecule has 33 heavy (non-hydrogen) atoms. The Bertz CT molecular complexity index is 1410. The highest BCUT2D eigenvalue weighted by Gasteiger charge is 2.50. The van der Waals surface area contributed by atoms with Gasteiger partial charge in [-0.25, -0.2) is 17.8 Å². The van der Waals surface area contributed by atoms with Crippen molar-refractivity contribution in [2.45, 2.75) is 29.2 Å². The van der Waals surface area contributed by atoms with Crippen molar-refractivity contribution >= 4 is 20.9 Å². The standard InChI is InChI=1S/C22H20N6O4S/c29-33(30,18-10-4-8-14-9-5-11-23-19(14)18)25-16-12-31-21-17(13-32-20(16)21)28-22(24-26-27-28)15-6-2-1-3-7-15/h1-11,16-17,20-21,25H,12-13H2. The predicted molar refractivity (Wildman–Crippen MR) is 118 cm³/mol. The van der Waals surface area contributed by atoms with E-state index in [1.165, 1.54) is 0 Å². The van der Waals surface area contributed by atoms with Gasteiger partial charge in [0, 0.05) is 17.1 Å². The van der Waals surface area contributed by atoms with Gasteiger partial charge in [-0.15, -0.1) is 5.10 Å². The maximum Gasteiger partial charge on any atom is 0.243 e. The number of hydrogen-bond donors (Lipinski definition) is 1. The van der Waals surface area contributed by atoms with Crippen molar-refractivity contribution in [3.63, 3.8) is 0 Å². The van der Waals surface area contributed by atoms with Gasteiger partial charge in [0.15, 0.2) is 5.82 Å². The molecule has 2 saturated heterocycles. The van der Waals surface area contributed by atoms with E-state index in [1.54, 1.807) is 29.1 Å². The fraction of sp³-hybridized carbons (Fsp3) is 0.273. The highest BCUT2D eigenvalue weighted by Crippen LogP contribution is 2.36. The first-order valence-corrected chi connectivity index (χ1v) is 12.0. The summed E-state index contributed by atoms with van der Waals surface area (Å²) in [6.45, 7) is 0.500. The number of rotatable bonds is 5. The molecule has 0 bridgehead atoms. The van der Waals surface area contributed by atoms with Gasteiger partial charge in [0.05, 0.1) is 24.8 Å². The average molecular weight is 465 g/mol. The molecule has 4 atom stereocenters. The largest absolute Gasteiger partial charge is 0.371 e. The third kappa shape index (κ3) is 3.49. The van der Waals surface area contributed by atoms with Gasteiger partial charge in [-0.2, -0.15) is 0 Å². The van der Waals surface area contributed by atoms with Crippen molar-refractivity contribution in [1.82, 2.24) is 29.9 Å². The van der Waals surface area contributed by atoms with Crippen LogP contribution in [0.25, 0.3) is 22.3 Å². The molecule has 0 saturated carbocycles. The van der Waals surface area contributed by atoms with E-state index in [1.807, 2.05) is 42.5 Å². The Morgan fingerprint density at radius 1 is 0.939 bits per heavy atom. The summed E-state index contributed by atoms with van der Waals surface area (Å²) < 4.78 is 43.0. The number of nitrogens with one attached hydrogen (secondary N) is 1. The maximum atomic E-state index is 13.2. The predicted octanol–water partition coefficient (Wildman–Crippen LogP) is 1.57. The van der Waals surface area contributed by atoms with Gasteiger partial charge in [0.25, 0.3) is 0 Å². The quantitative estimate of drug-likeness (QED) is 0.473. The van der Waals surface area contributed by atoms with Crippen LogP contribution in [0.15, 0.2) is 71.8 Å². The molecule has 0 radical (unpaired) electrons. The number of para-hydroxylation sites is 1. The van der Waals surface area contributed by atoms with E-state index in [-0.39, 0.29) is 23.6 Å². The lowest BCUT2D eigenvalue weighted by molar-refractivity contribution is 0.0626. The number of aromatic nitrogens is 5. The Morgan fingerprint density at radius 2 is 1.76 bits per heavy atom. The molecule has 2 aromatic heterocycles. The first kappa shape index (κ1) is 20.4. The van der Waals surface area contributed by atoms with Gasteiger partial charge in [0.1, 0.15) is 23.1 Å². The van der Waals surface area contributed by atoms with Crippen LogP contribution < -0.4 is 4.72 Å². The van der Waals surface area contributed by atoms with Crippen molar-refractivity contribution in [1.29, 1.82) is 0 Å². The molecule has 11 heteroatoms. The molecule has 4 heterocycles. The molecule has 168 valence electrons. The number of pyridine rings is 1. The van der Waals surface area contributed by atoms with E-state index in [0.29, 0.717) is 17.9 Å². The Balaban J connectivity index is 1.25. The molecule has 4 unspecified atom stereocenters. The number of benzene rings is 2. The summed E-state index contributed by atoms with van der Waals surface area (Å²) >= 11 is 0. The molecule has 10 nitrogen and oxygen atoms in total. The fourth-order valence-electron chi connectivity index (χ4n) is 4.54. The summed E-state index contributed by atoms with van der Waals surface area (Å²) in [7, 11) is -3.85. The van der Waals surface area contributed by atoms with Gasteiger partial charge < -0.3 is 9.47 Å². The highest BCUT2D eigenvalue weighted by atomic mass is 32.2. The Kier molecular flexibility index (Phi) is 4.91. The molecule has 2 aliphatic heterocycles. The zero-order valence-corrected chi connectivity index (χ0v) is 18.2. The second-order valence-corrected chi connectivity index (χ2v) is 9.72. The van der Waals surface area contributed by atoms with E-state index in [9.17, 15) is 8.42 Å². The maximum absolute atomic E-state index is 13.2. The van der Waals surface area contributed by atoms with Crippen LogP contribution in [-0.2, 0) is 19.5 Å². The van der Waals surface area contributed by atoms with Crippen LogP contribution in [0.1, 0.15) is 6.04 Å². The van der Waals surface area contributed by atoms with Crippen molar-refractivity contribution in [2.75, 3.05) is 13.2 Å². The summed E-state index contributed by atoms with van der Waals surface area (Å²) in [6.07, 6.45) is 0.742. The topological polar surface area (TPSA) is 121 Å². The van der Waals surface area contributed by atoms with Crippen molar-refractivity contribution < 1.29 is 17.9 Å². The Morgan fingerprint density at radius 3 is 2.64 bits per heavy atom. The molecule has 2 aliphatic rings. The van der Waals surface area contributed by atoms with E-state index in [2.05, 4.69) is 25.2 Å². The van der Waals surface area contributed by atoms with Crippen LogP contribution in [0.3, 0.4) is 0 Å². The number of hydrogen-bond acceptors (Lipinski definition) is 8. The zero-order valence-electron chi connectivity index (χ0n) is 17.4. The van der Waals surface area contributed by atoms with E-state index in [4.69, 9.17) is 9.47 Å². The van der Waals surface area contributed by atoms with Gasteiger partial charge in [0.2, 0.25) is 10.0 Å². The number of fused-ring (bicyclic) bond motifs is 2. The summed E-state index contributed by atoms with van der Waals surface area (Å²) in [4.78, 5) is 4.40. The Hall–Kier alpha value is -3.25. The van der Waals surface area contributed by atoms with Crippen molar-refractivity contribution in [2.24, 2.45) is 0 Å². The number of sulfonamides is 1. The molecule has 0 amide bonds. The number of nitrogens with zero attached hydrogens (tertiary/aromatic N) is 5. The molecular formula is C22H20N6O4S. The third-order valence-corrected chi connectivity index (χ3v) is 7.58. The molecule has 6 rings (SSSR count). The minimum Gasteiger partial charge on any atom is -0.371 e. The van der Waals surface area contributed by atoms with Crippen LogP contribution in [0.2, 0.25) is 0 Å². The molecule has 0 aliphatic carbocycles. The lowest BCUT2D eigenvalue weighted by atomic mass is 10.1. The minimum atomic E-state index is -3.85. The molecule has 0 spiro atoms. The fourth-order valence-corrected chi connectivity index (χ4v) is 5.95. The van der Waals surface area contributed by atoms with Gasteiger partial charge >= 0.3 is 0 Å². The average Bonchev–Trinajstić information content (AvgIpc) is 3.57. The molecular weight excluding hydrogens is 444 g/mol.